The lowest BCUT2D eigenvalue weighted by Gasteiger charge is -2.37. The topological polar surface area (TPSA) is 30.9 Å². The van der Waals surface area contributed by atoms with Crippen molar-refractivity contribution in [2.45, 2.75) is 32.6 Å². The van der Waals surface area contributed by atoms with Crippen LogP contribution in [0.3, 0.4) is 0 Å². The Bertz CT molecular complexity index is 465. The van der Waals surface area contributed by atoms with Gasteiger partial charge in [-0.05, 0) is 43.2 Å². The molecule has 0 radical (unpaired) electrons. The molecule has 1 N–H and O–H groups in total. The fourth-order valence-corrected chi connectivity index (χ4v) is 3.77. The minimum absolute atomic E-state index is 0. The molecule has 4 nitrogen and oxygen atoms in total. The smallest absolute Gasteiger partial charge is 0.194 e. The highest BCUT2D eigenvalue weighted by Crippen LogP contribution is 2.33. The summed E-state index contributed by atoms with van der Waals surface area (Å²) in [4.78, 5) is 9.75. The van der Waals surface area contributed by atoms with E-state index in [1.807, 2.05) is 11.3 Å². The maximum absolute atomic E-state index is 4.84. The molecule has 2 fully saturated rings. The molecule has 1 saturated heterocycles. The summed E-state index contributed by atoms with van der Waals surface area (Å²) >= 11 is 1.84. The fraction of sp³-hybridized carbons (Fsp3) is 0.706. The van der Waals surface area contributed by atoms with Crippen molar-refractivity contribution in [2.24, 2.45) is 10.9 Å². The van der Waals surface area contributed by atoms with Crippen molar-refractivity contribution in [3.8, 4) is 0 Å². The number of hydrogen-bond acceptors (Lipinski definition) is 3. The normalized spacial score (nSPS) is 18.7. The average molecular weight is 448 g/mol. The van der Waals surface area contributed by atoms with Gasteiger partial charge in [-0.1, -0.05) is 12.8 Å². The van der Waals surface area contributed by atoms with Crippen molar-refractivity contribution in [1.29, 1.82) is 0 Å². The number of rotatable bonds is 6. The predicted octanol–water partition coefficient (Wildman–Crippen LogP) is 3.64. The van der Waals surface area contributed by atoms with Gasteiger partial charge in [-0.15, -0.1) is 35.3 Å². The molecular weight excluding hydrogens is 419 g/mol. The number of hydrogen-bond donors (Lipinski definition) is 1. The zero-order valence-electron chi connectivity index (χ0n) is 14.0. The first kappa shape index (κ1) is 18.8. The van der Waals surface area contributed by atoms with Crippen LogP contribution in [0.2, 0.25) is 0 Å². The van der Waals surface area contributed by atoms with Crippen molar-refractivity contribution in [2.75, 3.05) is 44.2 Å². The summed E-state index contributed by atoms with van der Waals surface area (Å²) in [5.74, 6) is 2.14. The number of aliphatic imine (C=N–C) groups is 1. The van der Waals surface area contributed by atoms with E-state index in [0.717, 1.165) is 51.1 Å². The highest BCUT2D eigenvalue weighted by atomic mass is 127. The van der Waals surface area contributed by atoms with Gasteiger partial charge in [0.05, 0.1) is 5.00 Å². The lowest BCUT2D eigenvalue weighted by molar-refractivity contribution is 0.373. The molecule has 23 heavy (non-hydrogen) atoms. The van der Waals surface area contributed by atoms with Crippen LogP contribution in [0.15, 0.2) is 22.5 Å². The molecule has 1 saturated carbocycles. The molecule has 3 rings (SSSR count). The second kappa shape index (κ2) is 9.71. The molecule has 0 unspecified atom stereocenters. The van der Waals surface area contributed by atoms with Gasteiger partial charge in [0.1, 0.15) is 0 Å². The largest absolute Gasteiger partial charge is 0.360 e. The third kappa shape index (κ3) is 5.81. The van der Waals surface area contributed by atoms with E-state index in [4.69, 9.17) is 4.99 Å². The monoisotopic (exact) mass is 448 g/mol. The van der Waals surface area contributed by atoms with Crippen LogP contribution in [0, 0.1) is 5.92 Å². The van der Waals surface area contributed by atoms with Gasteiger partial charge < -0.3 is 15.1 Å². The van der Waals surface area contributed by atoms with Crippen molar-refractivity contribution >= 4 is 46.3 Å². The molecule has 1 aromatic rings. The Labute approximate surface area is 161 Å². The molecule has 0 amide bonds. The van der Waals surface area contributed by atoms with Gasteiger partial charge in [0.2, 0.25) is 0 Å². The van der Waals surface area contributed by atoms with Crippen LogP contribution in [0.1, 0.15) is 32.6 Å². The minimum atomic E-state index is 0. The van der Waals surface area contributed by atoms with E-state index in [9.17, 15) is 0 Å². The second-order valence-electron chi connectivity index (χ2n) is 6.25. The number of piperazine rings is 1. The summed E-state index contributed by atoms with van der Waals surface area (Å²) < 4.78 is 0. The number of nitrogens with zero attached hydrogens (tertiary/aromatic N) is 3. The van der Waals surface area contributed by atoms with Crippen molar-refractivity contribution in [1.82, 2.24) is 10.2 Å². The summed E-state index contributed by atoms with van der Waals surface area (Å²) in [7, 11) is 0. The van der Waals surface area contributed by atoms with Crippen molar-refractivity contribution in [3.05, 3.63) is 17.5 Å². The highest BCUT2D eigenvalue weighted by molar-refractivity contribution is 14.0. The van der Waals surface area contributed by atoms with Gasteiger partial charge in [0, 0.05) is 39.3 Å². The van der Waals surface area contributed by atoms with Crippen LogP contribution in [-0.2, 0) is 0 Å². The number of anilines is 1. The number of halogens is 1. The lowest BCUT2D eigenvalue weighted by Crippen LogP contribution is -2.52. The van der Waals surface area contributed by atoms with Gasteiger partial charge in [0.25, 0.3) is 0 Å². The van der Waals surface area contributed by atoms with Crippen LogP contribution >= 0.6 is 35.3 Å². The molecule has 1 aliphatic carbocycles. The van der Waals surface area contributed by atoms with Gasteiger partial charge in [-0.2, -0.15) is 0 Å². The quantitative estimate of drug-likeness (QED) is 0.312. The highest BCUT2D eigenvalue weighted by Gasteiger charge is 2.21. The Hall–Kier alpha value is -0.500. The number of thiophene rings is 1. The van der Waals surface area contributed by atoms with Crippen LogP contribution < -0.4 is 10.2 Å². The Kier molecular flexibility index (Phi) is 7.95. The molecule has 0 atom stereocenters. The molecular formula is C17H29IN4S. The average Bonchev–Trinajstić information content (AvgIpc) is 3.21. The molecule has 1 aromatic heterocycles. The first-order valence-electron chi connectivity index (χ1n) is 8.68. The van der Waals surface area contributed by atoms with Crippen LogP contribution in [0.25, 0.3) is 0 Å². The van der Waals surface area contributed by atoms with Crippen LogP contribution in [-0.4, -0.2) is 50.1 Å². The third-order valence-corrected chi connectivity index (χ3v) is 5.39. The Balaban J connectivity index is 0.00000192. The predicted molar refractivity (Wildman–Crippen MR) is 111 cm³/mol. The molecule has 0 bridgehead atoms. The van der Waals surface area contributed by atoms with Gasteiger partial charge in [-0.3, -0.25) is 4.99 Å². The summed E-state index contributed by atoms with van der Waals surface area (Å²) in [5.41, 5.74) is 0. The second-order valence-corrected chi connectivity index (χ2v) is 7.17. The minimum Gasteiger partial charge on any atom is -0.360 e. The summed E-state index contributed by atoms with van der Waals surface area (Å²) in [6.07, 6.45) is 5.52. The van der Waals surface area contributed by atoms with Gasteiger partial charge in [-0.25, -0.2) is 0 Å². The third-order valence-electron chi connectivity index (χ3n) is 4.46. The molecule has 6 heteroatoms. The van der Waals surface area contributed by atoms with Gasteiger partial charge in [0.15, 0.2) is 5.96 Å². The summed E-state index contributed by atoms with van der Waals surface area (Å²) in [6.45, 7) is 8.39. The molecule has 2 heterocycles. The molecule has 2 aliphatic rings. The summed E-state index contributed by atoms with van der Waals surface area (Å²) in [5, 5.41) is 7.02. The zero-order valence-corrected chi connectivity index (χ0v) is 17.2. The standard InChI is InChI=1S/C17H28N4S.HI/c1-2-18-17(19-9-3-5-15-7-8-15)21-12-10-20(11-13-21)16-6-4-14-22-16;/h4,6,14-15H,2-3,5,7-13H2,1H3,(H,18,19);1H. The molecule has 130 valence electrons. The van der Waals surface area contributed by atoms with E-state index in [-0.39, 0.29) is 24.0 Å². The van der Waals surface area contributed by atoms with Gasteiger partial charge >= 0.3 is 0 Å². The Morgan fingerprint density at radius 2 is 2.09 bits per heavy atom. The van der Waals surface area contributed by atoms with E-state index in [1.54, 1.807) is 0 Å². The van der Waals surface area contributed by atoms with E-state index in [2.05, 4.69) is 39.6 Å². The fourth-order valence-electron chi connectivity index (χ4n) is 2.99. The van der Waals surface area contributed by atoms with E-state index < -0.39 is 0 Å². The number of nitrogens with one attached hydrogen (secondary N) is 1. The Morgan fingerprint density at radius 1 is 1.30 bits per heavy atom. The Morgan fingerprint density at radius 3 is 2.70 bits per heavy atom. The van der Waals surface area contributed by atoms with Crippen LogP contribution in [0.4, 0.5) is 5.00 Å². The maximum atomic E-state index is 4.84. The van der Waals surface area contributed by atoms with Crippen molar-refractivity contribution in [3.63, 3.8) is 0 Å². The zero-order chi connectivity index (χ0) is 15.2. The first-order chi connectivity index (χ1) is 10.9. The van der Waals surface area contributed by atoms with E-state index in [1.165, 1.54) is 30.7 Å². The number of guanidine groups is 1. The lowest BCUT2D eigenvalue weighted by atomic mass is 10.2. The molecule has 0 aromatic carbocycles. The SMILES string of the molecule is CCNC(=NCCCC1CC1)N1CCN(c2cccs2)CC1.I. The van der Waals surface area contributed by atoms with E-state index >= 15 is 0 Å². The van der Waals surface area contributed by atoms with Crippen molar-refractivity contribution < 1.29 is 0 Å². The summed E-state index contributed by atoms with van der Waals surface area (Å²) in [6, 6.07) is 4.36. The molecule has 0 spiro atoms. The van der Waals surface area contributed by atoms with Crippen LogP contribution in [0.5, 0.6) is 0 Å². The van der Waals surface area contributed by atoms with E-state index in [0.29, 0.717) is 0 Å². The molecule has 1 aliphatic heterocycles. The maximum Gasteiger partial charge on any atom is 0.194 e. The first-order valence-corrected chi connectivity index (χ1v) is 9.56.